The van der Waals surface area contributed by atoms with Crippen LogP contribution in [0.4, 0.5) is 5.69 Å². The molecule has 0 spiro atoms. The van der Waals surface area contributed by atoms with Gasteiger partial charge < -0.3 is 4.57 Å². The van der Waals surface area contributed by atoms with Gasteiger partial charge in [0.2, 0.25) is 0 Å². The molecule has 0 aliphatic rings. The largest absolute Gasteiger partial charge is 0.339 e. The predicted molar refractivity (Wildman–Crippen MR) is 83.5 cm³/mol. The van der Waals surface area contributed by atoms with Gasteiger partial charge in [-0.3, -0.25) is 0 Å². The van der Waals surface area contributed by atoms with Gasteiger partial charge in [0.1, 0.15) is 5.69 Å². The van der Waals surface area contributed by atoms with E-state index in [1.54, 1.807) is 0 Å². The number of para-hydroxylation sites is 1. The SMILES string of the molecule is CCn1c(-c2ccc(Cl)cc2)c(N=O)c2ccccc21. The maximum Gasteiger partial charge on any atom is 0.141 e. The molecular formula is C16H13ClN2O. The van der Waals surface area contributed by atoms with Crippen LogP contribution in [0, 0.1) is 4.91 Å². The standard InChI is InChI=1S/C16H13ClN2O/c1-2-19-14-6-4-3-5-13(14)15(18-20)16(19)11-7-9-12(17)10-8-11/h3-10H,2H2,1H3. The molecule has 0 aliphatic carbocycles. The third-order valence-corrected chi connectivity index (χ3v) is 3.72. The summed E-state index contributed by atoms with van der Waals surface area (Å²) in [6.07, 6.45) is 0. The van der Waals surface area contributed by atoms with Crippen LogP contribution in [0.1, 0.15) is 6.92 Å². The van der Waals surface area contributed by atoms with Crippen LogP contribution in [0.3, 0.4) is 0 Å². The second-order valence-electron chi connectivity index (χ2n) is 4.56. The van der Waals surface area contributed by atoms with Gasteiger partial charge in [-0.25, -0.2) is 0 Å². The Labute approximate surface area is 121 Å². The van der Waals surface area contributed by atoms with Gasteiger partial charge in [-0.1, -0.05) is 41.9 Å². The molecule has 3 aromatic rings. The van der Waals surface area contributed by atoms with Crippen molar-refractivity contribution in [2.75, 3.05) is 0 Å². The summed E-state index contributed by atoms with van der Waals surface area (Å²) < 4.78 is 2.11. The minimum Gasteiger partial charge on any atom is -0.339 e. The van der Waals surface area contributed by atoms with E-state index in [1.807, 2.05) is 48.5 Å². The van der Waals surface area contributed by atoms with Gasteiger partial charge in [-0.15, -0.1) is 4.91 Å². The number of nitrogens with zero attached hydrogens (tertiary/aromatic N) is 2. The number of aromatic nitrogens is 1. The molecule has 0 saturated carbocycles. The maximum absolute atomic E-state index is 11.3. The Bertz CT molecular complexity index is 775. The van der Waals surface area contributed by atoms with E-state index < -0.39 is 0 Å². The van der Waals surface area contributed by atoms with Crippen LogP contribution >= 0.6 is 11.6 Å². The first-order valence-electron chi connectivity index (χ1n) is 6.46. The zero-order valence-corrected chi connectivity index (χ0v) is 11.8. The van der Waals surface area contributed by atoms with Crippen molar-refractivity contribution in [3.8, 4) is 11.3 Å². The summed E-state index contributed by atoms with van der Waals surface area (Å²) in [5.74, 6) is 0. The minimum absolute atomic E-state index is 0.491. The number of rotatable bonds is 3. The first-order chi connectivity index (χ1) is 9.76. The van der Waals surface area contributed by atoms with Crippen LogP contribution in [-0.2, 0) is 6.54 Å². The van der Waals surface area contributed by atoms with E-state index in [-0.39, 0.29) is 0 Å². The normalized spacial score (nSPS) is 10.9. The van der Waals surface area contributed by atoms with Crippen molar-refractivity contribution >= 4 is 28.2 Å². The third-order valence-electron chi connectivity index (χ3n) is 3.47. The Morgan fingerprint density at radius 1 is 1.10 bits per heavy atom. The number of hydrogen-bond donors (Lipinski definition) is 0. The fourth-order valence-corrected chi connectivity index (χ4v) is 2.73. The summed E-state index contributed by atoms with van der Waals surface area (Å²) in [5, 5.41) is 4.82. The molecular weight excluding hydrogens is 272 g/mol. The number of fused-ring (bicyclic) bond motifs is 1. The summed E-state index contributed by atoms with van der Waals surface area (Å²) in [6.45, 7) is 2.83. The zero-order chi connectivity index (χ0) is 14.1. The van der Waals surface area contributed by atoms with Crippen molar-refractivity contribution < 1.29 is 0 Å². The van der Waals surface area contributed by atoms with Crippen molar-refractivity contribution in [2.45, 2.75) is 13.5 Å². The fraction of sp³-hybridized carbons (Fsp3) is 0.125. The van der Waals surface area contributed by atoms with E-state index >= 15 is 0 Å². The lowest BCUT2D eigenvalue weighted by atomic mass is 10.1. The Hall–Kier alpha value is -2.13. The molecule has 0 atom stereocenters. The Balaban J connectivity index is 2.38. The van der Waals surface area contributed by atoms with Gasteiger partial charge in [-0.2, -0.15) is 0 Å². The highest BCUT2D eigenvalue weighted by molar-refractivity contribution is 6.30. The Morgan fingerprint density at radius 2 is 1.80 bits per heavy atom. The van der Waals surface area contributed by atoms with Crippen molar-refractivity contribution in [1.29, 1.82) is 0 Å². The second-order valence-corrected chi connectivity index (χ2v) is 4.99. The first-order valence-corrected chi connectivity index (χ1v) is 6.84. The molecule has 20 heavy (non-hydrogen) atoms. The number of benzene rings is 2. The molecule has 1 heterocycles. The molecule has 0 bridgehead atoms. The molecule has 3 rings (SSSR count). The number of aryl methyl sites for hydroxylation is 1. The van der Waals surface area contributed by atoms with Gasteiger partial charge in [-0.05, 0) is 30.3 Å². The summed E-state index contributed by atoms with van der Waals surface area (Å²) in [6, 6.07) is 15.3. The van der Waals surface area contributed by atoms with Gasteiger partial charge in [0.05, 0.1) is 11.2 Å². The minimum atomic E-state index is 0.491. The van der Waals surface area contributed by atoms with Crippen LogP contribution in [0.25, 0.3) is 22.2 Å². The number of halogens is 1. The van der Waals surface area contributed by atoms with Crippen LogP contribution in [0.2, 0.25) is 5.02 Å². The highest BCUT2D eigenvalue weighted by atomic mass is 35.5. The third kappa shape index (κ3) is 1.91. The predicted octanol–water partition coefficient (Wildman–Crippen LogP) is 5.38. The highest BCUT2D eigenvalue weighted by Gasteiger charge is 2.18. The maximum atomic E-state index is 11.3. The summed E-state index contributed by atoms with van der Waals surface area (Å²) >= 11 is 5.93. The Kier molecular flexibility index (Phi) is 3.28. The van der Waals surface area contributed by atoms with E-state index in [4.69, 9.17) is 11.6 Å². The summed E-state index contributed by atoms with van der Waals surface area (Å²) in [5.41, 5.74) is 3.31. The van der Waals surface area contributed by atoms with Crippen molar-refractivity contribution in [1.82, 2.24) is 4.57 Å². The summed E-state index contributed by atoms with van der Waals surface area (Å²) in [4.78, 5) is 11.3. The van der Waals surface area contributed by atoms with E-state index in [0.29, 0.717) is 10.7 Å². The van der Waals surface area contributed by atoms with Crippen molar-refractivity contribution in [2.24, 2.45) is 5.18 Å². The molecule has 2 aromatic carbocycles. The Morgan fingerprint density at radius 3 is 2.45 bits per heavy atom. The molecule has 0 amide bonds. The molecule has 0 N–H and O–H groups in total. The lowest BCUT2D eigenvalue weighted by Crippen LogP contribution is -1.96. The van der Waals surface area contributed by atoms with Gasteiger partial charge in [0, 0.05) is 22.5 Å². The van der Waals surface area contributed by atoms with Crippen LogP contribution in [-0.4, -0.2) is 4.57 Å². The topological polar surface area (TPSA) is 34.4 Å². The van der Waals surface area contributed by atoms with Crippen molar-refractivity contribution in [3.63, 3.8) is 0 Å². The molecule has 4 heteroatoms. The molecule has 3 nitrogen and oxygen atoms in total. The lowest BCUT2D eigenvalue weighted by Gasteiger charge is -2.08. The van der Waals surface area contributed by atoms with E-state index in [0.717, 1.165) is 28.7 Å². The van der Waals surface area contributed by atoms with Gasteiger partial charge in [0.15, 0.2) is 0 Å². The molecule has 0 unspecified atom stereocenters. The average molecular weight is 285 g/mol. The lowest BCUT2D eigenvalue weighted by molar-refractivity contribution is 0.805. The zero-order valence-electron chi connectivity index (χ0n) is 11.0. The van der Waals surface area contributed by atoms with Crippen molar-refractivity contribution in [3.05, 3.63) is 58.5 Å². The first kappa shape index (κ1) is 12.9. The average Bonchev–Trinajstić information content (AvgIpc) is 2.81. The monoisotopic (exact) mass is 284 g/mol. The number of nitroso groups, excluding NO2 is 1. The smallest absolute Gasteiger partial charge is 0.141 e. The van der Waals surface area contributed by atoms with E-state index in [2.05, 4.69) is 16.7 Å². The van der Waals surface area contributed by atoms with Crippen LogP contribution in [0.15, 0.2) is 53.7 Å². The quantitative estimate of drug-likeness (QED) is 0.595. The van der Waals surface area contributed by atoms with E-state index in [9.17, 15) is 4.91 Å². The molecule has 0 aliphatic heterocycles. The van der Waals surface area contributed by atoms with Gasteiger partial charge in [0.25, 0.3) is 0 Å². The molecule has 0 saturated heterocycles. The fourth-order valence-electron chi connectivity index (χ4n) is 2.61. The highest BCUT2D eigenvalue weighted by Crippen LogP contribution is 2.40. The van der Waals surface area contributed by atoms with E-state index in [1.165, 1.54) is 0 Å². The molecule has 1 aromatic heterocycles. The number of hydrogen-bond acceptors (Lipinski definition) is 2. The molecule has 0 fully saturated rings. The van der Waals surface area contributed by atoms with Crippen LogP contribution in [0.5, 0.6) is 0 Å². The second kappa shape index (κ2) is 5.10. The summed E-state index contributed by atoms with van der Waals surface area (Å²) in [7, 11) is 0. The molecule has 0 radical (unpaired) electrons. The molecule has 100 valence electrons. The van der Waals surface area contributed by atoms with Crippen LogP contribution < -0.4 is 0 Å². The van der Waals surface area contributed by atoms with Gasteiger partial charge >= 0.3 is 0 Å².